The predicted octanol–water partition coefficient (Wildman–Crippen LogP) is 5.31. The van der Waals surface area contributed by atoms with Gasteiger partial charge in [-0.25, -0.2) is 0 Å². The summed E-state index contributed by atoms with van der Waals surface area (Å²) >= 11 is 5.58. The SMILES string of the molecule is CCN(C(=O)Cl)c1ccc(C2CCCCCC2)cc1. The molecule has 0 N–H and O–H groups in total. The Kier molecular flexibility index (Phi) is 5.26. The van der Waals surface area contributed by atoms with Gasteiger partial charge in [-0.1, -0.05) is 37.8 Å². The third kappa shape index (κ3) is 3.73. The fourth-order valence-corrected chi connectivity index (χ4v) is 3.16. The van der Waals surface area contributed by atoms with Crippen molar-refractivity contribution in [2.24, 2.45) is 0 Å². The second-order valence-electron chi connectivity index (χ2n) is 5.28. The van der Waals surface area contributed by atoms with Crippen LogP contribution in [0.3, 0.4) is 0 Å². The van der Waals surface area contributed by atoms with Crippen LogP contribution in [0.5, 0.6) is 0 Å². The normalized spacial score (nSPS) is 16.9. The van der Waals surface area contributed by atoms with Crippen molar-refractivity contribution >= 4 is 22.7 Å². The maximum Gasteiger partial charge on any atom is 0.320 e. The smallest absolute Gasteiger partial charge is 0.299 e. The molecule has 0 bridgehead atoms. The van der Waals surface area contributed by atoms with Gasteiger partial charge in [0.05, 0.1) is 0 Å². The molecule has 3 heteroatoms. The van der Waals surface area contributed by atoms with Crippen LogP contribution in [-0.4, -0.2) is 11.9 Å². The Morgan fingerprint density at radius 2 is 1.74 bits per heavy atom. The number of carbonyl (C=O) groups excluding carboxylic acids is 1. The molecule has 0 aliphatic heterocycles. The van der Waals surface area contributed by atoms with E-state index in [9.17, 15) is 4.79 Å². The summed E-state index contributed by atoms with van der Waals surface area (Å²) in [4.78, 5) is 12.9. The summed E-state index contributed by atoms with van der Waals surface area (Å²) in [5, 5.41) is -0.412. The molecule has 2 nitrogen and oxygen atoms in total. The van der Waals surface area contributed by atoms with Crippen molar-refractivity contribution in [2.45, 2.75) is 51.4 Å². The number of nitrogens with zero attached hydrogens (tertiary/aromatic N) is 1. The van der Waals surface area contributed by atoms with Crippen molar-refractivity contribution in [1.29, 1.82) is 0 Å². The van der Waals surface area contributed by atoms with Crippen LogP contribution in [0.25, 0.3) is 0 Å². The van der Waals surface area contributed by atoms with Gasteiger partial charge in [-0.3, -0.25) is 9.69 Å². The van der Waals surface area contributed by atoms with Crippen LogP contribution < -0.4 is 4.90 Å². The standard InChI is InChI=1S/C16H22ClNO/c1-2-18(16(17)19)15-11-9-14(10-12-15)13-7-5-3-4-6-8-13/h9-13H,2-8H2,1H3. The topological polar surface area (TPSA) is 20.3 Å². The first-order valence-corrected chi connectivity index (χ1v) is 7.67. The largest absolute Gasteiger partial charge is 0.320 e. The molecular weight excluding hydrogens is 258 g/mol. The minimum absolute atomic E-state index is 0.412. The van der Waals surface area contributed by atoms with E-state index in [1.54, 1.807) is 4.90 Å². The Balaban J connectivity index is 2.10. The van der Waals surface area contributed by atoms with E-state index in [1.165, 1.54) is 44.1 Å². The van der Waals surface area contributed by atoms with Crippen molar-refractivity contribution in [3.05, 3.63) is 29.8 Å². The molecule has 0 unspecified atom stereocenters. The number of halogens is 1. The van der Waals surface area contributed by atoms with Gasteiger partial charge >= 0.3 is 5.37 Å². The highest BCUT2D eigenvalue weighted by Crippen LogP contribution is 2.32. The molecule has 2 rings (SSSR count). The number of anilines is 1. The summed E-state index contributed by atoms with van der Waals surface area (Å²) in [7, 11) is 0. The lowest BCUT2D eigenvalue weighted by molar-refractivity contribution is 0.264. The molecule has 0 radical (unpaired) electrons. The Morgan fingerprint density at radius 1 is 1.16 bits per heavy atom. The van der Waals surface area contributed by atoms with E-state index in [0.717, 1.165) is 5.69 Å². The lowest BCUT2D eigenvalue weighted by Gasteiger charge is -2.19. The van der Waals surface area contributed by atoms with Crippen LogP contribution in [-0.2, 0) is 0 Å². The van der Waals surface area contributed by atoms with Gasteiger partial charge in [-0.15, -0.1) is 0 Å². The third-order valence-electron chi connectivity index (χ3n) is 4.06. The first-order chi connectivity index (χ1) is 9.22. The second kappa shape index (κ2) is 6.95. The lowest BCUT2D eigenvalue weighted by Crippen LogP contribution is -2.24. The average molecular weight is 280 g/mol. The number of carbonyl (C=O) groups is 1. The molecule has 0 atom stereocenters. The van der Waals surface area contributed by atoms with Crippen molar-refractivity contribution in [3.8, 4) is 0 Å². The van der Waals surface area contributed by atoms with Crippen molar-refractivity contribution in [3.63, 3.8) is 0 Å². The lowest BCUT2D eigenvalue weighted by atomic mass is 9.92. The second-order valence-corrected chi connectivity index (χ2v) is 5.60. The quantitative estimate of drug-likeness (QED) is 0.417. The first kappa shape index (κ1) is 14.4. The number of benzene rings is 1. The highest BCUT2D eigenvalue weighted by molar-refractivity contribution is 6.66. The van der Waals surface area contributed by atoms with Gasteiger partial charge in [-0.05, 0) is 55.0 Å². The van der Waals surface area contributed by atoms with E-state index in [0.29, 0.717) is 12.5 Å². The van der Waals surface area contributed by atoms with Crippen LogP contribution >= 0.6 is 11.6 Å². The minimum Gasteiger partial charge on any atom is -0.299 e. The number of amides is 1. The van der Waals surface area contributed by atoms with Crippen molar-refractivity contribution in [2.75, 3.05) is 11.4 Å². The first-order valence-electron chi connectivity index (χ1n) is 7.29. The van der Waals surface area contributed by atoms with Gasteiger partial charge in [0.15, 0.2) is 0 Å². The molecule has 1 fully saturated rings. The van der Waals surface area contributed by atoms with E-state index in [4.69, 9.17) is 11.6 Å². The zero-order chi connectivity index (χ0) is 13.7. The fourth-order valence-electron chi connectivity index (χ4n) is 2.95. The molecule has 0 heterocycles. The molecule has 0 spiro atoms. The van der Waals surface area contributed by atoms with E-state index >= 15 is 0 Å². The van der Waals surface area contributed by atoms with Crippen LogP contribution in [0.15, 0.2) is 24.3 Å². The van der Waals surface area contributed by atoms with E-state index in [-0.39, 0.29) is 0 Å². The van der Waals surface area contributed by atoms with E-state index < -0.39 is 5.37 Å². The van der Waals surface area contributed by atoms with Crippen molar-refractivity contribution in [1.82, 2.24) is 0 Å². The molecule has 19 heavy (non-hydrogen) atoms. The molecule has 1 aromatic carbocycles. The van der Waals surface area contributed by atoms with Crippen LogP contribution in [0.4, 0.5) is 10.5 Å². The van der Waals surface area contributed by atoms with Crippen molar-refractivity contribution < 1.29 is 4.79 Å². The molecule has 104 valence electrons. The van der Waals surface area contributed by atoms with Crippen LogP contribution in [0.2, 0.25) is 0 Å². The highest BCUT2D eigenvalue weighted by Gasteiger charge is 2.15. The van der Waals surface area contributed by atoms with Gasteiger partial charge < -0.3 is 0 Å². The Hall–Kier alpha value is -1.02. The summed E-state index contributed by atoms with van der Waals surface area (Å²) in [6, 6.07) is 8.36. The maximum atomic E-state index is 11.3. The molecule has 1 aromatic rings. The number of rotatable bonds is 3. The summed E-state index contributed by atoms with van der Waals surface area (Å²) in [5.74, 6) is 0.693. The third-order valence-corrected chi connectivity index (χ3v) is 4.26. The molecule has 0 saturated heterocycles. The van der Waals surface area contributed by atoms with Gasteiger partial charge in [0.2, 0.25) is 0 Å². The number of hydrogen-bond donors (Lipinski definition) is 0. The van der Waals surface area contributed by atoms with E-state index in [1.807, 2.05) is 19.1 Å². The average Bonchev–Trinajstić information content (AvgIpc) is 2.69. The minimum atomic E-state index is -0.412. The summed E-state index contributed by atoms with van der Waals surface area (Å²) < 4.78 is 0. The Morgan fingerprint density at radius 3 is 2.21 bits per heavy atom. The Labute approximate surface area is 120 Å². The molecule has 0 aromatic heterocycles. The summed E-state index contributed by atoms with van der Waals surface area (Å²) in [5.41, 5.74) is 2.29. The van der Waals surface area contributed by atoms with Gasteiger partial charge in [0.25, 0.3) is 0 Å². The monoisotopic (exact) mass is 279 g/mol. The maximum absolute atomic E-state index is 11.3. The number of hydrogen-bond acceptors (Lipinski definition) is 1. The molecule has 1 aliphatic carbocycles. The van der Waals surface area contributed by atoms with E-state index in [2.05, 4.69) is 12.1 Å². The molecule has 1 amide bonds. The predicted molar refractivity (Wildman–Crippen MR) is 81.2 cm³/mol. The zero-order valence-electron chi connectivity index (χ0n) is 11.6. The van der Waals surface area contributed by atoms with Gasteiger partial charge in [-0.2, -0.15) is 0 Å². The van der Waals surface area contributed by atoms with Gasteiger partial charge in [0, 0.05) is 12.2 Å². The zero-order valence-corrected chi connectivity index (χ0v) is 12.3. The molecule has 1 aliphatic rings. The van der Waals surface area contributed by atoms with Crippen LogP contribution in [0.1, 0.15) is 56.9 Å². The van der Waals surface area contributed by atoms with Gasteiger partial charge in [0.1, 0.15) is 0 Å². The molecular formula is C16H22ClNO. The summed E-state index contributed by atoms with van der Waals surface area (Å²) in [6.07, 6.45) is 8.02. The van der Waals surface area contributed by atoms with Crippen LogP contribution in [0, 0.1) is 0 Å². The fraction of sp³-hybridized carbons (Fsp3) is 0.562. The summed E-state index contributed by atoms with van der Waals surface area (Å²) in [6.45, 7) is 2.53. The highest BCUT2D eigenvalue weighted by atomic mass is 35.5. The molecule has 1 saturated carbocycles. The Bertz CT molecular complexity index is 407.